The highest BCUT2D eigenvalue weighted by molar-refractivity contribution is 7.08. The molecule has 2 aliphatic rings. The molecule has 0 amide bonds. The zero-order valence-corrected chi connectivity index (χ0v) is 7.89. The van der Waals surface area contributed by atoms with Crippen molar-refractivity contribution in [2.24, 2.45) is 0 Å². The van der Waals surface area contributed by atoms with E-state index in [9.17, 15) is 4.79 Å². The molecule has 1 aliphatic heterocycles. The molecule has 0 saturated heterocycles. The second-order valence-corrected chi connectivity index (χ2v) is 3.71. The smallest absolute Gasteiger partial charge is 0.336 e. The lowest BCUT2D eigenvalue weighted by molar-refractivity contribution is 0.0698. The number of carboxylic acids is 1. The minimum atomic E-state index is -0.850. The third-order valence-electron chi connectivity index (χ3n) is 2.10. The summed E-state index contributed by atoms with van der Waals surface area (Å²) < 4.78 is 0. The van der Waals surface area contributed by atoms with Gasteiger partial charge in [0.15, 0.2) is 0 Å². The molecule has 66 valence electrons. The Hall–Kier alpha value is -1.35. The molecule has 0 aromatic carbocycles. The van der Waals surface area contributed by atoms with E-state index in [1.54, 1.807) is 6.07 Å². The monoisotopic (exact) mass is 192 g/mol. The Morgan fingerprint density at radius 1 is 1.46 bits per heavy atom. The van der Waals surface area contributed by atoms with Gasteiger partial charge in [-0.05, 0) is 40.9 Å². The van der Waals surface area contributed by atoms with Crippen LogP contribution in [0.3, 0.4) is 0 Å². The molecule has 2 nitrogen and oxygen atoms in total. The van der Waals surface area contributed by atoms with E-state index in [2.05, 4.69) is 0 Å². The Labute approximate surface area is 79.8 Å². The maximum atomic E-state index is 10.8. The van der Waals surface area contributed by atoms with Crippen molar-refractivity contribution >= 4 is 17.3 Å². The summed E-state index contributed by atoms with van der Waals surface area (Å²) >= 11 is 1.51. The molecule has 3 heteroatoms. The first-order chi connectivity index (χ1) is 6.20. The van der Waals surface area contributed by atoms with Gasteiger partial charge in [-0.2, -0.15) is 11.3 Å². The molecule has 0 radical (unpaired) electrons. The summed E-state index contributed by atoms with van der Waals surface area (Å²) in [5.41, 5.74) is 3.32. The van der Waals surface area contributed by atoms with Crippen LogP contribution in [-0.4, -0.2) is 11.1 Å². The highest BCUT2D eigenvalue weighted by Gasteiger charge is 2.17. The van der Waals surface area contributed by atoms with Gasteiger partial charge >= 0.3 is 5.97 Å². The van der Waals surface area contributed by atoms with E-state index < -0.39 is 5.97 Å². The molecule has 0 spiro atoms. The van der Waals surface area contributed by atoms with Crippen molar-refractivity contribution in [1.82, 2.24) is 0 Å². The highest BCUT2D eigenvalue weighted by atomic mass is 32.1. The van der Waals surface area contributed by atoms with Gasteiger partial charge in [-0.25, -0.2) is 4.79 Å². The molecule has 13 heavy (non-hydrogen) atoms. The maximum Gasteiger partial charge on any atom is 0.336 e. The van der Waals surface area contributed by atoms with Gasteiger partial charge < -0.3 is 5.11 Å². The van der Waals surface area contributed by atoms with Gasteiger partial charge in [0, 0.05) is 5.56 Å². The molecular formula is C10H8O2S. The first-order valence-electron chi connectivity index (χ1n) is 3.89. The molecule has 0 aromatic rings. The van der Waals surface area contributed by atoms with E-state index in [-0.39, 0.29) is 0 Å². The molecule has 2 rings (SSSR count). The molecular weight excluding hydrogens is 184 g/mol. The molecule has 0 unspecified atom stereocenters. The highest BCUT2D eigenvalue weighted by Crippen LogP contribution is 2.32. The van der Waals surface area contributed by atoms with Crippen LogP contribution < -0.4 is 0 Å². The summed E-state index contributed by atoms with van der Waals surface area (Å²) in [6.45, 7) is 1.93. The van der Waals surface area contributed by atoms with Crippen molar-refractivity contribution in [2.75, 3.05) is 0 Å². The summed E-state index contributed by atoms with van der Waals surface area (Å²) in [6.07, 6.45) is 0. The fourth-order valence-electron chi connectivity index (χ4n) is 1.47. The molecule has 0 aromatic heterocycles. The number of carboxylic acid groups (broad SMARTS) is 1. The van der Waals surface area contributed by atoms with Crippen LogP contribution in [0.25, 0.3) is 11.1 Å². The summed E-state index contributed by atoms with van der Waals surface area (Å²) in [4.78, 5) is 10.8. The van der Waals surface area contributed by atoms with Gasteiger partial charge in [-0.3, -0.25) is 0 Å². The second kappa shape index (κ2) is 2.85. The predicted octanol–water partition coefficient (Wildman–Crippen LogP) is 2.86. The number of carbonyl (C=O) groups is 1. The summed E-state index contributed by atoms with van der Waals surface area (Å²) in [6, 6.07) is 3.68. The van der Waals surface area contributed by atoms with Gasteiger partial charge in [-0.15, -0.1) is 0 Å². The van der Waals surface area contributed by atoms with Crippen LogP contribution in [0, 0.1) is 6.92 Å². The zero-order chi connectivity index (χ0) is 9.42. The number of aromatic carboxylic acids is 1. The fraction of sp³-hybridized carbons (Fsp3) is 0.100. The van der Waals surface area contributed by atoms with Gasteiger partial charge in [0.05, 0.1) is 5.56 Å². The average Bonchev–Trinajstić information content (AvgIpc) is 2.45. The number of hydrogen-bond acceptors (Lipinski definition) is 2. The molecule has 0 atom stereocenters. The number of aryl methyl sites for hydroxylation is 1. The van der Waals surface area contributed by atoms with Crippen molar-refractivity contribution in [3.05, 3.63) is 34.0 Å². The van der Waals surface area contributed by atoms with Gasteiger partial charge in [0.1, 0.15) is 0 Å². The largest absolute Gasteiger partial charge is 0.478 e. The lowest BCUT2D eigenvalue weighted by atomic mass is 10.1. The minimum absolute atomic E-state index is 0.407. The fourth-order valence-corrected chi connectivity index (χ4v) is 2.15. The Kier molecular flexibility index (Phi) is 1.81. The van der Waals surface area contributed by atoms with Gasteiger partial charge in [-0.1, -0.05) is 0 Å². The van der Waals surface area contributed by atoms with E-state index >= 15 is 0 Å². The van der Waals surface area contributed by atoms with E-state index in [1.165, 1.54) is 11.3 Å². The van der Waals surface area contributed by atoms with Crippen LogP contribution in [0.5, 0.6) is 0 Å². The van der Waals surface area contributed by atoms with Crippen molar-refractivity contribution in [2.45, 2.75) is 6.92 Å². The third-order valence-corrected chi connectivity index (χ3v) is 2.76. The topological polar surface area (TPSA) is 37.3 Å². The van der Waals surface area contributed by atoms with Crippen LogP contribution in [0.1, 0.15) is 15.9 Å². The number of hydrogen-bond donors (Lipinski definition) is 1. The normalized spacial score (nSPS) is 10.5. The zero-order valence-electron chi connectivity index (χ0n) is 7.07. The standard InChI is InChI=1S/C10H8O2S/c1-6-4-8(10(11)12)9-5-13-3-2-7(6)9/h2-5H,1H3,(H,11,12). The Bertz CT molecular complexity index is 431. The summed E-state index contributed by atoms with van der Waals surface area (Å²) in [5.74, 6) is -0.850. The van der Waals surface area contributed by atoms with E-state index in [4.69, 9.17) is 5.11 Å². The minimum Gasteiger partial charge on any atom is -0.478 e. The predicted molar refractivity (Wildman–Crippen MR) is 52.6 cm³/mol. The van der Waals surface area contributed by atoms with Crippen LogP contribution in [0.4, 0.5) is 0 Å². The maximum absolute atomic E-state index is 10.8. The van der Waals surface area contributed by atoms with Gasteiger partial charge in [0.25, 0.3) is 0 Å². The second-order valence-electron chi connectivity index (χ2n) is 2.93. The Balaban J connectivity index is 2.74. The van der Waals surface area contributed by atoms with Crippen molar-refractivity contribution in [3.8, 4) is 11.1 Å². The third kappa shape index (κ3) is 1.21. The van der Waals surface area contributed by atoms with Crippen LogP contribution in [-0.2, 0) is 0 Å². The molecule has 0 saturated carbocycles. The average molecular weight is 192 g/mol. The van der Waals surface area contributed by atoms with Gasteiger partial charge in [0.2, 0.25) is 0 Å². The molecule has 0 fully saturated rings. The van der Waals surface area contributed by atoms with Crippen LogP contribution >= 0.6 is 11.3 Å². The first-order valence-corrected chi connectivity index (χ1v) is 4.83. The quantitative estimate of drug-likeness (QED) is 0.754. The van der Waals surface area contributed by atoms with Crippen LogP contribution in [0.2, 0.25) is 0 Å². The van der Waals surface area contributed by atoms with E-state index in [0.717, 1.165) is 16.7 Å². The number of rotatable bonds is 1. The summed E-state index contributed by atoms with van der Waals surface area (Å²) in [5, 5.41) is 12.7. The van der Waals surface area contributed by atoms with Crippen molar-refractivity contribution in [1.29, 1.82) is 0 Å². The van der Waals surface area contributed by atoms with Crippen molar-refractivity contribution in [3.63, 3.8) is 0 Å². The van der Waals surface area contributed by atoms with Crippen molar-refractivity contribution < 1.29 is 9.90 Å². The SMILES string of the molecule is Cc1cc(C(=O)O)c2csccc1-2. The van der Waals surface area contributed by atoms with Crippen LogP contribution in [0.15, 0.2) is 22.9 Å². The summed E-state index contributed by atoms with van der Waals surface area (Å²) in [7, 11) is 0. The molecule has 1 heterocycles. The van der Waals surface area contributed by atoms with E-state index in [0.29, 0.717) is 5.56 Å². The molecule has 0 bridgehead atoms. The van der Waals surface area contributed by atoms with E-state index in [1.807, 2.05) is 23.8 Å². The lowest BCUT2D eigenvalue weighted by Gasteiger charge is -1.98. The number of fused-ring (bicyclic) bond motifs is 1. The Morgan fingerprint density at radius 2 is 2.23 bits per heavy atom. The first kappa shape index (κ1) is 8.26. The lowest BCUT2D eigenvalue weighted by Crippen LogP contribution is -1.94. The molecule has 1 N–H and O–H groups in total. The Morgan fingerprint density at radius 3 is 2.92 bits per heavy atom. The molecule has 1 aliphatic carbocycles.